The highest BCUT2D eigenvalue weighted by Gasteiger charge is 2.48. The summed E-state index contributed by atoms with van der Waals surface area (Å²) in [4.78, 5) is 41.6. The number of anilines is 1. The summed E-state index contributed by atoms with van der Waals surface area (Å²) in [7, 11) is 1.87. The molecule has 0 unspecified atom stereocenters. The van der Waals surface area contributed by atoms with E-state index in [0.29, 0.717) is 30.1 Å². The highest BCUT2D eigenvalue weighted by molar-refractivity contribution is 6.22. The third kappa shape index (κ3) is 3.27. The van der Waals surface area contributed by atoms with Gasteiger partial charge in [0.1, 0.15) is 0 Å². The summed E-state index contributed by atoms with van der Waals surface area (Å²) in [5.74, 6) is -0.699. The van der Waals surface area contributed by atoms with Gasteiger partial charge in [0.2, 0.25) is 11.8 Å². The lowest BCUT2D eigenvalue weighted by Gasteiger charge is -2.31. The van der Waals surface area contributed by atoms with Crippen molar-refractivity contribution in [1.82, 2.24) is 4.90 Å². The molecule has 0 spiro atoms. The molecule has 2 atom stereocenters. The summed E-state index contributed by atoms with van der Waals surface area (Å²) < 4.78 is 0. The maximum Gasteiger partial charge on any atom is 0.253 e. The van der Waals surface area contributed by atoms with E-state index in [0.717, 1.165) is 12.8 Å². The van der Waals surface area contributed by atoms with E-state index >= 15 is 0 Å². The fraction of sp³-hybridized carbons (Fsp3) is 0.522. The lowest BCUT2D eigenvalue weighted by Crippen LogP contribution is -2.38. The van der Waals surface area contributed by atoms with Gasteiger partial charge in [-0.05, 0) is 56.9 Å². The molecule has 0 radical (unpaired) electrons. The van der Waals surface area contributed by atoms with Crippen molar-refractivity contribution in [2.24, 2.45) is 11.8 Å². The number of nitrogens with zero attached hydrogens (tertiary/aromatic N) is 2. The molecule has 1 aromatic carbocycles. The maximum atomic E-state index is 12.8. The summed E-state index contributed by atoms with van der Waals surface area (Å²) in [5, 5.41) is 0. The van der Waals surface area contributed by atoms with E-state index in [2.05, 4.69) is 6.08 Å². The second kappa shape index (κ2) is 7.53. The Balaban J connectivity index is 1.50. The Morgan fingerprint density at radius 2 is 1.64 bits per heavy atom. The molecule has 5 heteroatoms. The van der Waals surface area contributed by atoms with Crippen molar-refractivity contribution < 1.29 is 14.4 Å². The summed E-state index contributed by atoms with van der Waals surface area (Å²) in [5.41, 5.74) is 2.35. The molecular formula is C23H28N2O3. The summed E-state index contributed by atoms with van der Waals surface area (Å²) in [6.07, 6.45) is 9.10. The van der Waals surface area contributed by atoms with Crippen LogP contribution in [0.3, 0.4) is 0 Å². The van der Waals surface area contributed by atoms with Crippen molar-refractivity contribution in [1.29, 1.82) is 0 Å². The van der Waals surface area contributed by atoms with Crippen LogP contribution in [0.4, 0.5) is 5.69 Å². The Hall–Kier alpha value is -2.43. The van der Waals surface area contributed by atoms with E-state index in [-0.39, 0.29) is 29.6 Å². The normalized spacial score (nSPS) is 25.5. The van der Waals surface area contributed by atoms with Crippen molar-refractivity contribution in [3.63, 3.8) is 0 Å². The molecule has 1 heterocycles. The van der Waals surface area contributed by atoms with Crippen LogP contribution in [0.15, 0.2) is 35.9 Å². The molecule has 1 saturated carbocycles. The molecular weight excluding hydrogens is 352 g/mol. The van der Waals surface area contributed by atoms with Crippen molar-refractivity contribution in [2.45, 2.75) is 57.9 Å². The van der Waals surface area contributed by atoms with E-state index in [4.69, 9.17) is 0 Å². The van der Waals surface area contributed by atoms with Crippen LogP contribution < -0.4 is 4.90 Å². The van der Waals surface area contributed by atoms with Gasteiger partial charge in [0.25, 0.3) is 5.91 Å². The first kappa shape index (κ1) is 18.9. The van der Waals surface area contributed by atoms with Gasteiger partial charge < -0.3 is 4.90 Å². The fourth-order valence-corrected chi connectivity index (χ4v) is 4.88. The van der Waals surface area contributed by atoms with Gasteiger partial charge >= 0.3 is 0 Å². The minimum atomic E-state index is -0.241. The van der Waals surface area contributed by atoms with Crippen LogP contribution in [-0.4, -0.2) is 35.7 Å². The van der Waals surface area contributed by atoms with Crippen LogP contribution in [-0.2, 0) is 9.59 Å². The standard InChI is InChI=1S/C23H28N2O3/c1-15-8-13-19-20(14-15)23(28)25(22(19)27)18-11-9-16(10-12-18)21(26)24(2)17-6-4-3-5-7-17/h8-12,17,19-20H,3-7,13-14H2,1-2H3/t19-,20-/m0/s1. The Kier molecular flexibility index (Phi) is 5.09. The molecule has 1 aliphatic heterocycles. The first-order chi connectivity index (χ1) is 13.5. The molecule has 5 nitrogen and oxygen atoms in total. The van der Waals surface area contributed by atoms with Crippen molar-refractivity contribution in [3.05, 3.63) is 41.5 Å². The Morgan fingerprint density at radius 3 is 2.32 bits per heavy atom. The molecule has 1 saturated heterocycles. The number of carbonyl (C=O) groups excluding carboxylic acids is 3. The minimum absolute atomic E-state index is 0.00557. The van der Waals surface area contributed by atoms with Gasteiger partial charge in [0, 0.05) is 18.7 Å². The SMILES string of the molecule is CC1=CC[C@@H]2C(=O)N(c3ccc(C(=O)N(C)C4CCCCC4)cc3)C(=O)[C@H]2C1. The maximum absolute atomic E-state index is 12.8. The molecule has 1 aromatic rings. The predicted octanol–water partition coefficient (Wildman–Crippen LogP) is 3.94. The second-order valence-electron chi connectivity index (χ2n) is 8.47. The third-order valence-corrected chi connectivity index (χ3v) is 6.64. The number of benzene rings is 1. The number of carbonyl (C=O) groups is 3. The van der Waals surface area contributed by atoms with Gasteiger partial charge in [0.05, 0.1) is 17.5 Å². The van der Waals surface area contributed by atoms with Crippen LogP contribution in [0.25, 0.3) is 0 Å². The fourth-order valence-electron chi connectivity index (χ4n) is 4.88. The summed E-state index contributed by atoms with van der Waals surface area (Å²) >= 11 is 0. The lowest BCUT2D eigenvalue weighted by atomic mass is 9.82. The molecule has 2 aliphatic carbocycles. The average molecular weight is 380 g/mol. The quantitative estimate of drug-likeness (QED) is 0.590. The number of rotatable bonds is 3. The number of hydrogen-bond donors (Lipinski definition) is 0. The van der Waals surface area contributed by atoms with E-state index in [1.807, 2.05) is 18.9 Å². The molecule has 0 N–H and O–H groups in total. The molecule has 2 fully saturated rings. The smallest absolute Gasteiger partial charge is 0.253 e. The van der Waals surface area contributed by atoms with Gasteiger partial charge in [0.15, 0.2) is 0 Å². The number of fused-ring (bicyclic) bond motifs is 1. The van der Waals surface area contributed by atoms with Crippen molar-refractivity contribution >= 4 is 23.4 Å². The van der Waals surface area contributed by atoms with E-state index in [9.17, 15) is 14.4 Å². The summed E-state index contributed by atoms with van der Waals surface area (Å²) in [6, 6.07) is 7.25. The van der Waals surface area contributed by atoms with E-state index in [1.54, 1.807) is 24.3 Å². The Morgan fingerprint density at radius 1 is 1.00 bits per heavy atom. The second-order valence-corrected chi connectivity index (χ2v) is 8.47. The molecule has 0 aromatic heterocycles. The van der Waals surface area contributed by atoms with Gasteiger partial charge in [-0.2, -0.15) is 0 Å². The van der Waals surface area contributed by atoms with Gasteiger partial charge in [-0.3, -0.25) is 19.3 Å². The van der Waals surface area contributed by atoms with Crippen LogP contribution >= 0.6 is 0 Å². The predicted molar refractivity (Wildman–Crippen MR) is 108 cm³/mol. The monoisotopic (exact) mass is 380 g/mol. The molecule has 28 heavy (non-hydrogen) atoms. The first-order valence-corrected chi connectivity index (χ1v) is 10.4. The van der Waals surface area contributed by atoms with Crippen LogP contribution in [0.2, 0.25) is 0 Å². The zero-order valence-electron chi connectivity index (χ0n) is 16.7. The Bertz CT molecular complexity index is 821. The van der Waals surface area contributed by atoms with Crippen molar-refractivity contribution in [3.8, 4) is 0 Å². The zero-order valence-corrected chi connectivity index (χ0v) is 16.7. The highest BCUT2D eigenvalue weighted by Crippen LogP contribution is 2.39. The summed E-state index contributed by atoms with van der Waals surface area (Å²) in [6.45, 7) is 2.01. The van der Waals surface area contributed by atoms with Crippen molar-refractivity contribution in [2.75, 3.05) is 11.9 Å². The van der Waals surface area contributed by atoms with Crippen LogP contribution in [0, 0.1) is 11.8 Å². The molecule has 148 valence electrons. The molecule has 3 aliphatic rings. The Labute approximate surface area is 166 Å². The van der Waals surface area contributed by atoms with E-state index < -0.39 is 0 Å². The first-order valence-electron chi connectivity index (χ1n) is 10.4. The minimum Gasteiger partial charge on any atom is -0.339 e. The molecule has 3 amide bonds. The van der Waals surface area contributed by atoms with Crippen LogP contribution in [0.5, 0.6) is 0 Å². The molecule has 0 bridgehead atoms. The average Bonchev–Trinajstić information content (AvgIpc) is 2.97. The van der Waals surface area contributed by atoms with Gasteiger partial charge in [-0.15, -0.1) is 0 Å². The van der Waals surface area contributed by atoms with E-state index in [1.165, 1.54) is 29.7 Å². The highest BCUT2D eigenvalue weighted by atomic mass is 16.2. The number of imide groups is 1. The largest absolute Gasteiger partial charge is 0.339 e. The molecule has 4 rings (SSSR count). The number of allylic oxidation sites excluding steroid dienone is 2. The number of amides is 3. The van der Waals surface area contributed by atoms with Crippen LogP contribution in [0.1, 0.15) is 62.2 Å². The van der Waals surface area contributed by atoms with Gasteiger partial charge in [-0.25, -0.2) is 0 Å². The lowest BCUT2D eigenvalue weighted by molar-refractivity contribution is -0.122. The number of hydrogen-bond acceptors (Lipinski definition) is 3. The van der Waals surface area contributed by atoms with Gasteiger partial charge in [-0.1, -0.05) is 30.9 Å². The third-order valence-electron chi connectivity index (χ3n) is 6.64. The zero-order chi connectivity index (χ0) is 19.8. The topological polar surface area (TPSA) is 57.7 Å².